The molecule has 8 nitrogen and oxygen atoms in total. The topological polar surface area (TPSA) is 78.6 Å². The molecule has 1 aliphatic heterocycles. The molecule has 0 saturated carbocycles. The van der Waals surface area contributed by atoms with Crippen molar-refractivity contribution in [1.82, 2.24) is 24.9 Å². The molecule has 2 aromatic rings. The smallest absolute Gasteiger partial charge is 0.291 e. The number of carbonyl (C=O) groups is 1. The Hall–Kier alpha value is -2.48. The van der Waals surface area contributed by atoms with Crippen molar-refractivity contribution in [3.05, 3.63) is 34.6 Å². The molecule has 28 heavy (non-hydrogen) atoms. The molecule has 0 spiro atoms. The molecule has 152 valence electrons. The van der Waals surface area contributed by atoms with Crippen molar-refractivity contribution in [3.63, 3.8) is 0 Å². The predicted octanol–water partition coefficient (Wildman–Crippen LogP) is 2.06. The van der Waals surface area contributed by atoms with Crippen LogP contribution in [-0.2, 0) is 13.0 Å². The third kappa shape index (κ3) is 4.01. The normalized spacial score (nSPS) is 16.8. The lowest BCUT2D eigenvalue weighted by atomic mass is 10.2. The largest absolute Gasteiger partial charge is 0.364 e. The molecule has 8 heteroatoms. The summed E-state index contributed by atoms with van der Waals surface area (Å²) in [4.78, 5) is 28.3. The second-order valence-corrected chi connectivity index (χ2v) is 7.73. The first-order chi connectivity index (χ1) is 13.3. The van der Waals surface area contributed by atoms with Crippen molar-refractivity contribution in [2.24, 2.45) is 0 Å². The highest BCUT2D eigenvalue weighted by Gasteiger charge is 2.28. The molecule has 1 fully saturated rings. The van der Waals surface area contributed by atoms with E-state index in [2.05, 4.69) is 39.0 Å². The Balaban J connectivity index is 1.82. The number of rotatable bonds is 6. The van der Waals surface area contributed by atoms with Crippen LogP contribution in [0.3, 0.4) is 0 Å². The summed E-state index contributed by atoms with van der Waals surface area (Å²) in [5.74, 6) is 0.909. The molecule has 2 aromatic heterocycles. The maximum Gasteiger partial charge on any atom is 0.291 e. The Morgan fingerprint density at radius 1 is 1.29 bits per heavy atom. The van der Waals surface area contributed by atoms with Crippen LogP contribution in [0.5, 0.6) is 0 Å². The Morgan fingerprint density at radius 3 is 2.68 bits per heavy atom. The van der Waals surface area contributed by atoms with Crippen LogP contribution in [0.15, 0.2) is 10.8 Å². The van der Waals surface area contributed by atoms with Gasteiger partial charge >= 0.3 is 0 Å². The molecule has 1 aliphatic rings. The lowest BCUT2D eigenvalue weighted by molar-refractivity contribution is 0.0772. The third-order valence-corrected chi connectivity index (χ3v) is 5.57. The number of hydrogen-bond acceptors (Lipinski definition) is 7. The van der Waals surface area contributed by atoms with E-state index in [9.17, 15) is 4.79 Å². The number of nitrogens with zero attached hydrogens (tertiary/aromatic N) is 6. The number of amides is 1. The molecule has 0 unspecified atom stereocenters. The van der Waals surface area contributed by atoms with E-state index in [1.54, 1.807) is 18.2 Å². The molecule has 0 aromatic carbocycles. The van der Waals surface area contributed by atoms with Gasteiger partial charge in [0, 0.05) is 43.0 Å². The molecule has 1 amide bonds. The Labute approximate surface area is 166 Å². The fraction of sp³-hybridized carbons (Fsp3) is 0.600. The molecule has 3 rings (SSSR count). The van der Waals surface area contributed by atoms with Crippen LogP contribution in [0.25, 0.3) is 0 Å². The van der Waals surface area contributed by atoms with Crippen LogP contribution < -0.4 is 4.90 Å². The first-order valence-electron chi connectivity index (χ1n) is 9.76. The van der Waals surface area contributed by atoms with E-state index in [0.29, 0.717) is 12.6 Å². The second kappa shape index (κ2) is 8.26. The quantitative estimate of drug-likeness (QED) is 0.752. The highest BCUT2D eigenvalue weighted by Crippen LogP contribution is 2.25. The summed E-state index contributed by atoms with van der Waals surface area (Å²) >= 11 is 0. The van der Waals surface area contributed by atoms with Crippen LogP contribution in [0.1, 0.15) is 46.5 Å². The fourth-order valence-corrected chi connectivity index (χ4v) is 3.57. The van der Waals surface area contributed by atoms with Crippen molar-refractivity contribution < 1.29 is 9.32 Å². The van der Waals surface area contributed by atoms with Crippen LogP contribution in [0, 0.1) is 13.8 Å². The zero-order chi connectivity index (χ0) is 20.4. The SMILES string of the molecule is CCc1nocc1CN(C)C(=O)c1nc(C)c(C)c(N2CC[C@@H](N(C)C)C2)n1. The maximum absolute atomic E-state index is 13.0. The van der Waals surface area contributed by atoms with Gasteiger partial charge in [-0.25, -0.2) is 9.97 Å². The summed E-state index contributed by atoms with van der Waals surface area (Å²) in [5.41, 5.74) is 3.66. The zero-order valence-corrected chi connectivity index (χ0v) is 17.7. The van der Waals surface area contributed by atoms with Gasteiger partial charge in [0.2, 0.25) is 5.82 Å². The van der Waals surface area contributed by atoms with E-state index in [0.717, 1.165) is 54.3 Å². The highest BCUT2D eigenvalue weighted by atomic mass is 16.5. The molecular weight excluding hydrogens is 356 g/mol. The summed E-state index contributed by atoms with van der Waals surface area (Å²) < 4.78 is 5.04. The van der Waals surface area contributed by atoms with Gasteiger partial charge in [-0.3, -0.25) is 4.79 Å². The van der Waals surface area contributed by atoms with E-state index in [1.165, 1.54) is 0 Å². The van der Waals surface area contributed by atoms with Gasteiger partial charge in [0.05, 0.1) is 12.2 Å². The molecular formula is C20H30N6O2. The number of anilines is 1. The average molecular weight is 387 g/mol. The van der Waals surface area contributed by atoms with E-state index in [4.69, 9.17) is 4.52 Å². The van der Waals surface area contributed by atoms with Crippen LogP contribution >= 0.6 is 0 Å². The van der Waals surface area contributed by atoms with Crippen molar-refractivity contribution in [1.29, 1.82) is 0 Å². The van der Waals surface area contributed by atoms with Gasteiger partial charge in [-0.05, 0) is 40.8 Å². The molecule has 0 aliphatic carbocycles. The van der Waals surface area contributed by atoms with Crippen LogP contribution in [0.2, 0.25) is 0 Å². The lowest BCUT2D eigenvalue weighted by Gasteiger charge is -2.24. The molecule has 0 bridgehead atoms. The first-order valence-corrected chi connectivity index (χ1v) is 9.76. The molecule has 0 radical (unpaired) electrons. The maximum atomic E-state index is 13.0. The summed E-state index contributed by atoms with van der Waals surface area (Å²) in [6.07, 6.45) is 3.45. The average Bonchev–Trinajstić information content (AvgIpc) is 3.32. The van der Waals surface area contributed by atoms with Crippen molar-refractivity contribution in [2.45, 2.75) is 46.2 Å². The molecule has 1 atom stereocenters. The zero-order valence-electron chi connectivity index (χ0n) is 17.7. The minimum absolute atomic E-state index is 0.198. The Kier molecular flexibility index (Phi) is 5.98. The summed E-state index contributed by atoms with van der Waals surface area (Å²) in [5, 5.41) is 3.98. The molecule has 1 saturated heterocycles. The summed E-state index contributed by atoms with van der Waals surface area (Å²) in [6, 6.07) is 0.498. The third-order valence-electron chi connectivity index (χ3n) is 5.57. The molecule has 3 heterocycles. The lowest BCUT2D eigenvalue weighted by Crippen LogP contribution is -2.33. The van der Waals surface area contributed by atoms with Crippen molar-refractivity contribution in [3.8, 4) is 0 Å². The van der Waals surface area contributed by atoms with Crippen molar-refractivity contribution in [2.75, 3.05) is 39.1 Å². The highest BCUT2D eigenvalue weighted by molar-refractivity contribution is 5.90. The van der Waals surface area contributed by atoms with Gasteiger partial charge in [0.1, 0.15) is 12.1 Å². The van der Waals surface area contributed by atoms with Gasteiger partial charge in [0.25, 0.3) is 5.91 Å². The minimum atomic E-state index is -0.198. The Morgan fingerprint density at radius 2 is 2.04 bits per heavy atom. The van der Waals surface area contributed by atoms with E-state index in [-0.39, 0.29) is 11.7 Å². The number of likely N-dealkylation sites (N-methyl/N-ethyl adjacent to an activating group) is 1. The molecule has 0 N–H and O–H groups in total. The van der Waals surface area contributed by atoms with E-state index in [1.807, 2.05) is 20.8 Å². The van der Waals surface area contributed by atoms with Gasteiger partial charge in [-0.2, -0.15) is 0 Å². The number of aryl methyl sites for hydroxylation is 2. The van der Waals surface area contributed by atoms with Gasteiger partial charge in [-0.15, -0.1) is 0 Å². The second-order valence-electron chi connectivity index (χ2n) is 7.73. The number of hydrogen-bond donors (Lipinski definition) is 0. The van der Waals surface area contributed by atoms with Gasteiger partial charge < -0.3 is 19.2 Å². The fourth-order valence-electron chi connectivity index (χ4n) is 3.57. The summed E-state index contributed by atoms with van der Waals surface area (Å²) in [6.45, 7) is 8.24. The number of aromatic nitrogens is 3. The Bertz CT molecular complexity index is 847. The van der Waals surface area contributed by atoms with Crippen LogP contribution in [0.4, 0.5) is 5.82 Å². The van der Waals surface area contributed by atoms with Crippen molar-refractivity contribution >= 4 is 11.7 Å². The predicted molar refractivity (Wildman–Crippen MR) is 107 cm³/mol. The van der Waals surface area contributed by atoms with E-state index < -0.39 is 0 Å². The van der Waals surface area contributed by atoms with E-state index >= 15 is 0 Å². The van der Waals surface area contributed by atoms with Gasteiger partial charge in [0.15, 0.2) is 0 Å². The number of carbonyl (C=O) groups excluding carboxylic acids is 1. The standard InChI is InChI=1S/C20H30N6O2/c1-7-17-15(12-28-23-17)10-25(6)20(27)18-21-14(3)13(2)19(22-18)26-9-8-16(11-26)24(4)5/h12,16H,7-11H2,1-6H3/t16-/m1/s1. The monoisotopic (exact) mass is 386 g/mol. The first kappa shape index (κ1) is 20.3. The van der Waals surface area contributed by atoms with Gasteiger partial charge in [-0.1, -0.05) is 12.1 Å². The minimum Gasteiger partial charge on any atom is -0.364 e. The van der Waals surface area contributed by atoms with Crippen LogP contribution in [-0.4, -0.2) is 71.1 Å². The summed E-state index contributed by atoms with van der Waals surface area (Å²) in [7, 11) is 5.96.